The lowest BCUT2D eigenvalue weighted by Gasteiger charge is -2.19. The molecule has 1 aromatic carbocycles. The molecule has 15 heavy (non-hydrogen) atoms. The lowest BCUT2D eigenvalue weighted by Crippen LogP contribution is -2.42. The standard InChI is InChI=1S/C11H16F2N2/c1-11(2,14)7-15-6-8-5-9(12)3-4-10(8)13/h3-5,15H,6-7,14H2,1-2H3. The van der Waals surface area contributed by atoms with Crippen molar-refractivity contribution >= 4 is 0 Å². The van der Waals surface area contributed by atoms with Crippen LogP contribution in [0.5, 0.6) is 0 Å². The van der Waals surface area contributed by atoms with Gasteiger partial charge in [-0.1, -0.05) is 0 Å². The molecule has 0 unspecified atom stereocenters. The Hall–Kier alpha value is -1.00. The summed E-state index contributed by atoms with van der Waals surface area (Å²) >= 11 is 0. The van der Waals surface area contributed by atoms with E-state index in [0.29, 0.717) is 12.1 Å². The molecule has 0 spiro atoms. The highest BCUT2D eigenvalue weighted by Gasteiger charge is 2.10. The molecule has 0 amide bonds. The molecule has 84 valence electrons. The van der Waals surface area contributed by atoms with Crippen LogP contribution in [0.25, 0.3) is 0 Å². The average Bonchev–Trinajstić information content (AvgIpc) is 2.09. The Balaban J connectivity index is 2.54. The average molecular weight is 214 g/mol. The van der Waals surface area contributed by atoms with Gasteiger partial charge in [0, 0.05) is 24.2 Å². The van der Waals surface area contributed by atoms with E-state index in [1.54, 1.807) is 0 Å². The van der Waals surface area contributed by atoms with Crippen molar-refractivity contribution in [2.24, 2.45) is 5.73 Å². The minimum atomic E-state index is -0.430. The van der Waals surface area contributed by atoms with Gasteiger partial charge in [-0.3, -0.25) is 0 Å². The molecule has 2 nitrogen and oxygen atoms in total. The number of nitrogens with two attached hydrogens (primary N) is 1. The third-order valence-corrected chi connectivity index (χ3v) is 1.90. The van der Waals surface area contributed by atoms with Crippen molar-refractivity contribution in [3.63, 3.8) is 0 Å². The zero-order valence-electron chi connectivity index (χ0n) is 8.98. The van der Waals surface area contributed by atoms with Crippen molar-refractivity contribution < 1.29 is 8.78 Å². The van der Waals surface area contributed by atoms with Gasteiger partial charge in [0.15, 0.2) is 0 Å². The molecule has 1 aromatic rings. The van der Waals surface area contributed by atoms with Gasteiger partial charge in [0.1, 0.15) is 11.6 Å². The van der Waals surface area contributed by atoms with Crippen LogP contribution in [0.15, 0.2) is 18.2 Å². The Morgan fingerprint density at radius 1 is 1.33 bits per heavy atom. The van der Waals surface area contributed by atoms with Crippen LogP contribution in [0.2, 0.25) is 0 Å². The number of hydrogen-bond donors (Lipinski definition) is 2. The summed E-state index contributed by atoms with van der Waals surface area (Å²) in [7, 11) is 0. The van der Waals surface area contributed by atoms with Crippen molar-refractivity contribution in [2.75, 3.05) is 6.54 Å². The van der Waals surface area contributed by atoms with Crippen molar-refractivity contribution in [3.05, 3.63) is 35.4 Å². The second-order valence-corrected chi connectivity index (χ2v) is 4.33. The van der Waals surface area contributed by atoms with E-state index in [-0.39, 0.29) is 12.1 Å². The first-order valence-corrected chi connectivity index (χ1v) is 4.82. The maximum atomic E-state index is 13.2. The van der Waals surface area contributed by atoms with Gasteiger partial charge >= 0.3 is 0 Å². The summed E-state index contributed by atoms with van der Waals surface area (Å²) in [5.74, 6) is -0.834. The Kier molecular flexibility index (Phi) is 3.77. The van der Waals surface area contributed by atoms with Crippen LogP contribution >= 0.6 is 0 Å². The van der Waals surface area contributed by atoms with Gasteiger partial charge in [-0.15, -0.1) is 0 Å². The summed E-state index contributed by atoms with van der Waals surface area (Å²) in [5.41, 5.74) is 5.70. The Morgan fingerprint density at radius 3 is 2.60 bits per heavy atom. The zero-order chi connectivity index (χ0) is 11.5. The van der Waals surface area contributed by atoms with Gasteiger partial charge in [-0.05, 0) is 32.0 Å². The molecule has 0 aliphatic rings. The molecule has 0 radical (unpaired) electrons. The first-order chi connectivity index (χ1) is 6.88. The molecule has 0 atom stereocenters. The predicted molar refractivity (Wildman–Crippen MR) is 56.3 cm³/mol. The lowest BCUT2D eigenvalue weighted by molar-refractivity contribution is 0.461. The molecule has 0 bridgehead atoms. The quantitative estimate of drug-likeness (QED) is 0.802. The highest BCUT2D eigenvalue weighted by molar-refractivity contribution is 5.18. The van der Waals surface area contributed by atoms with E-state index in [1.807, 2.05) is 13.8 Å². The van der Waals surface area contributed by atoms with E-state index in [4.69, 9.17) is 5.73 Å². The molecular weight excluding hydrogens is 198 g/mol. The van der Waals surface area contributed by atoms with Crippen molar-refractivity contribution in [1.82, 2.24) is 5.32 Å². The molecule has 0 heterocycles. The van der Waals surface area contributed by atoms with Gasteiger partial charge in [0.25, 0.3) is 0 Å². The highest BCUT2D eigenvalue weighted by Crippen LogP contribution is 2.09. The topological polar surface area (TPSA) is 38.0 Å². The van der Waals surface area contributed by atoms with Gasteiger partial charge < -0.3 is 11.1 Å². The van der Waals surface area contributed by atoms with E-state index in [0.717, 1.165) is 12.1 Å². The summed E-state index contributed by atoms with van der Waals surface area (Å²) in [6, 6.07) is 3.41. The van der Waals surface area contributed by atoms with Crippen LogP contribution in [0.4, 0.5) is 8.78 Å². The first kappa shape index (κ1) is 12.1. The van der Waals surface area contributed by atoms with E-state index < -0.39 is 11.6 Å². The van der Waals surface area contributed by atoms with Crippen LogP contribution < -0.4 is 11.1 Å². The maximum absolute atomic E-state index is 13.2. The normalized spacial score (nSPS) is 11.8. The molecule has 1 rings (SSSR count). The summed E-state index contributed by atoms with van der Waals surface area (Å²) in [5, 5.41) is 2.98. The summed E-state index contributed by atoms with van der Waals surface area (Å²) in [4.78, 5) is 0. The summed E-state index contributed by atoms with van der Waals surface area (Å²) in [6.07, 6.45) is 0. The molecule has 0 saturated heterocycles. The fourth-order valence-corrected chi connectivity index (χ4v) is 1.20. The maximum Gasteiger partial charge on any atom is 0.127 e. The van der Waals surface area contributed by atoms with Crippen LogP contribution in [-0.4, -0.2) is 12.1 Å². The minimum Gasteiger partial charge on any atom is -0.324 e. The predicted octanol–water partition coefficient (Wildman–Crippen LogP) is 1.79. The SMILES string of the molecule is CC(C)(N)CNCc1cc(F)ccc1F. The largest absolute Gasteiger partial charge is 0.324 e. The number of benzene rings is 1. The van der Waals surface area contributed by atoms with Crippen molar-refractivity contribution in [1.29, 1.82) is 0 Å². The molecule has 0 aliphatic heterocycles. The van der Waals surface area contributed by atoms with E-state index in [2.05, 4.69) is 5.32 Å². The van der Waals surface area contributed by atoms with Crippen molar-refractivity contribution in [3.8, 4) is 0 Å². The zero-order valence-corrected chi connectivity index (χ0v) is 8.98. The van der Waals surface area contributed by atoms with Crippen LogP contribution in [0.1, 0.15) is 19.4 Å². The molecule has 0 aromatic heterocycles. The van der Waals surface area contributed by atoms with Crippen LogP contribution in [0, 0.1) is 11.6 Å². The Bertz CT molecular complexity index is 332. The third kappa shape index (κ3) is 4.36. The molecule has 0 aliphatic carbocycles. The second kappa shape index (κ2) is 4.68. The number of hydrogen-bond acceptors (Lipinski definition) is 2. The molecule has 0 fully saturated rings. The van der Waals surface area contributed by atoms with E-state index in [9.17, 15) is 8.78 Å². The Morgan fingerprint density at radius 2 is 2.00 bits per heavy atom. The van der Waals surface area contributed by atoms with Gasteiger partial charge in [-0.25, -0.2) is 8.78 Å². The highest BCUT2D eigenvalue weighted by atomic mass is 19.1. The van der Waals surface area contributed by atoms with Gasteiger partial charge in [0.2, 0.25) is 0 Å². The summed E-state index contributed by atoms with van der Waals surface area (Å²) in [6.45, 7) is 4.55. The number of rotatable bonds is 4. The Labute approximate surface area is 88.5 Å². The van der Waals surface area contributed by atoms with E-state index >= 15 is 0 Å². The lowest BCUT2D eigenvalue weighted by atomic mass is 10.1. The molecular formula is C11H16F2N2. The fourth-order valence-electron chi connectivity index (χ4n) is 1.20. The molecule has 0 saturated carbocycles. The monoisotopic (exact) mass is 214 g/mol. The van der Waals surface area contributed by atoms with E-state index in [1.165, 1.54) is 6.07 Å². The first-order valence-electron chi connectivity index (χ1n) is 4.82. The minimum absolute atomic E-state index is 0.282. The van der Waals surface area contributed by atoms with Gasteiger partial charge in [-0.2, -0.15) is 0 Å². The van der Waals surface area contributed by atoms with Crippen LogP contribution in [0.3, 0.4) is 0 Å². The summed E-state index contributed by atoms with van der Waals surface area (Å²) < 4.78 is 25.9. The van der Waals surface area contributed by atoms with Crippen molar-refractivity contribution in [2.45, 2.75) is 25.9 Å². The second-order valence-electron chi connectivity index (χ2n) is 4.33. The van der Waals surface area contributed by atoms with Crippen LogP contribution in [-0.2, 0) is 6.54 Å². The smallest absolute Gasteiger partial charge is 0.127 e. The van der Waals surface area contributed by atoms with Gasteiger partial charge in [0.05, 0.1) is 0 Å². The number of nitrogens with one attached hydrogen (secondary N) is 1. The number of halogens is 2. The third-order valence-electron chi connectivity index (χ3n) is 1.90. The fraction of sp³-hybridized carbons (Fsp3) is 0.455. The molecule has 4 heteroatoms. The molecule has 3 N–H and O–H groups in total.